The van der Waals surface area contributed by atoms with Crippen molar-refractivity contribution in [1.82, 2.24) is 30.8 Å². The number of aromatic amines is 1. The van der Waals surface area contributed by atoms with Gasteiger partial charge in [0.05, 0.1) is 11.3 Å². The average Bonchev–Trinajstić information content (AvgIpc) is 3.42. The van der Waals surface area contributed by atoms with Gasteiger partial charge in [-0.3, -0.25) is 0 Å². The number of rotatable bonds is 5. The molecule has 0 unspecified atom stereocenters. The van der Waals surface area contributed by atoms with Gasteiger partial charge in [-0.25, -0.2) is 0 Å². The van der Waals surface area contributed by atoms with E-state index in [1.165, 1.54) is 6.20 Å². The molecule has 28 heavy (non-hydrogen) atoms. The minimum absolute atomic E-state index is 0.201. The first kappa shape index (κ1) is 17.1. The third-order valence-electron chi connectivity index (χ3n) is 4.05. The van der Waals surface area contributed by atoms with E-state index in [0.717, 1.165) is 11.1 Å². The fourth-order valence-electron chi connectivity index (χ4n) is 2.63. The molecule has 136 valence electrons. The summed E-state index contributed by atoms with van der Waals surface area (Å²) in [6, 6.07) is 17.3. The number of aromatic nitrogens is 6. The molecule has 4 aromatic rings. The molecule has 0 atom stereocenters. The minimum Gasteiger partial charge on any atom is -0.360 e. The van der Waals surface area contributed by atoms with Crippen LogP contribution in [0.2, 0.25) is 0 Å². The Hall–Kier alpha value is -4.32. The Morgan fingerprint density at radius 2 is 1.93 bits per heavy atom. The maximum Gasteiger partial charge on any atom is 0.260 e. The van der Waals surface area contributed by atoms with E-state index < -0.39 is 0 Å². The van der Waals surface area contributed by atoms with Gasteiger partial charge in [0.1, 0.15) is 11.6 Å². The van der Waals surface area contributed by atoms with Crippen LogP contribution in [0.1, 0.15) is 11.4 Å². The van der Waals surface area contributed by atoms with Crippen molar-refractivity contribution in [2.75, 3.05) is 5.32 Å². The van der Waals surface area contributed by atoms with Gasteiger partial charge in [-0.2, -0.15) is 15.5 Å². The molecule has 0 aliphatic heterocycles. The van der Waals surface area contributed by atoms with Gasteiger partial charge in [-0.1, -0.05) is 41.6 Å². The van der Waals surface area contributed by atoms with Crippen LogP contribution in [0.25, 0.3) is 28.4 Å². The molecule has 0 spiro atoms. The highest BCUT2D eigenvalue weighted by molar-refractivity contribution is 5.78. The van der Waals surface area contributed by atoms with Gasteiger partial charge in [0.25, 0.3) is 5.89 Å². The summed E-state index contributed by atoms with van der Waals surface area (Å²) < 4.78 is 5.48. The van der Waals surface area contributed by atoms with Crippen molar-refractivity contribution < 1.29 is 4.52 Å². The largest absolute Gasteiger partial charge is 0.360 e. The third kappa shape index (κ3) is 3.34. The normalized spacial score (nSPS) is 11.2. The van der Waals surface area contributed by atoms with E-state index in [1.807, 2.05) is 61.5 Å². The molecule has 9 heteroatoms. The Labute approximate surface area is 159 Å². The van der Waals surface area contributed by atoms with Crippen molar-refractivity contribution >= 4 is 11.3 Å². The molecule has 0 fully saturated rings. The van der Waals surface area contributed by atoms with Crippen molar-refractivity contribution in [1.29, 1.82) is 5.26 Å². The standard InChI is InChI=1S/C19H14N8O/c1-12-6-2-3-7-14(12)18-22-19(28-25-18)15-8-4-5-9-16(15)21-11-13(10-20)17-23-26-27-24-17/h2-9,11,21H,1H3,(H,23,24,26,27). The van der Waals surface area contributed by atoms with Crippen molar-refractivity contribution in [3.05, 3.63) is 66.1 Å². The fourth-order valence-corrected chi connectivity index (χ4v) is 2.63. The number of tetrazole rings is 1. The molecule has 0 aliphatic rings. The van der Waals surface area contributed by atoms with Crippen LogP contribution < -0.4 is 5.32 Å². The quantitative estimate of drug-likeness (QED) is 0.512. The summed E-state index contributed by atoms with van der Waals surface area (Å²) in [4.78, 5) is 4.53. The lowest BCUT2D eigenvalue weighted by atomic mass is 10.1. The number of nitrogens with one attached hydrogen (secondary N) is 2. The molecule has 0 aliphatic carbocycles. The Kier molecular flexibility index (Phi) is 4.59. The highest BCUT2D eigenvalue weighted by Crippen LogP contribution is 2.29. The summed E-state index contributed by atoms with van der Waals surface area (Å²) in [7, 11) is 0. The monoisotopic (exact) mass is 370 g/mol. The molecule has 0 amide bonds. The molecule has 2 N–H and O–H groups in total. The van der Waals surface area contributed by atoms with Crippen LogP contribution in [0.3, 0.4) is 0 Å². The van der Waals surface area contributed by atoms with Gasteiger partial charge < -0.3 is 9.84 Å². The first-order chi connectivity index (χ1) is 13.8. The van der Waals surface area contributed by atoms with Gasteiger partial charge in [-0.05, 0) is 29.8 Å². The van der Waals surface area contributed by atoms with Crippen molar-refractivity contribution in [2.24, 2.45) is 0 Å². The maximum absolute atomic E-state index is 9.30. The Balaban J connectivity index is 1.66. The predicted molar refractivity (Wildman–Crippen MR) is 101 cm³/mol. The molecular weight excluding hydrogens is 356 g/mol. The molecule has 0 radical (unpaired) electrons. The summed E-state index contributed by atoms with van der Waals surface area (Å²) in [5.74, 6) is 1.09. The van der Waals surface area contributed by atoms with Crippen LogP contribution in [0, 0.1) is 18.3 Å². The number of hydrogen-bond donors (Lipinski definition) is 2. The molecular formula is C19H14N8O. The molecule has 2 aromatic heterocycles. The van der Waals surface area contributed by atoms with Gasteiger partial charge in [0, 0.05) is 11.8 Å². The number of aryl methyl sites for hydroxylation is 1. The van der Waals surface area contributed by atoms with Gasteiger partial charge in [0.15, 0.2) is 0 Å². The molecule has 2 heterocycles. The SMILES string of the molecule is Cc1ccccc1-c1noc(-c2ccccc2NC=C(C#N)c2nn[nH]n2)n1. The van der Waals surface area contributed by atoms with Crippen molar-refractivity contribution in [3.63, 3.8) is 0 Å². The molecule has 0 saturated carbocycles. The number of H-pyrrole nitrogens is 1. The van der Waals surface area contributed by atoms with Crippen molar-refractivity contribution in [3.8, 4) is 28.9 Å². The van der Waals surface area contributed by atoms with Crippen LogP contribution >= 0.6 is 0 Å². The van der Waals surface area contributed by atoms with E-state index in [-0.39, 0.29) is 11.4 Å². The average molecular weight is 370 g/mol. The Morgan fingerprint density at radius 3 is 2.68 bits per heavy atom. The Morgan fingerprint density at radius 1 is 1.14 bits per heavy atom. The minimum atomic E-state index is 0.201. The van der Waals surface area contributed by atoms with Gasteiger partial charge >= 0.3 is 0 Å². The molecule has 2 aromatic carbocycles. The summed E-state index contributed by atoms with van der Waals surface area (Å²) in [5, 5.41) is 29.9. The zero-order valence-electron chi connectivity index (χ0n) is 14.8. The maximum atomic E-state index is 9.30. The number of allylic oxidation sites excluding steroid dienone is 1. The highest BCUT2D eigenvalue weighted by Gasteiger charge is 2.15. The second-order valence-electron chi connectivity index (χ2n) is 5.83. The molecule has 0 bridgehead atoms. The lowest BCUT2D eigenvalue weighted by Crippen LogP contribution is -1.95. The van der Waals surface area contributed by atoms with Gasteiger partial charge in [-0.15, -0.1) is 10.2 Å². The number of para-hydroxylation sites is 1. The lowest BCUT2D eigenvalue weighted by Gasteiger charge is -2.05. The zero-order valence-corrected chi connectivity index (χ0v) is 14.8. The van der Waals surface area contributed by atoms with Crippen LogP contribution in [0.5, 0.6) is 0 Å². The second kappa shape index (κ2) is 7.51. The van der Waals surface area contributed by atoms with E-state index >= 15 is 0 Å². The molecule has 4 rings (SSSR count). The number of hydrogen-bond acceptors (Lipinski definition) is 8. The van der Waals surface area contributed by atoms with Crippen LogP contribution in [-0.2, 0) is 0 Å². The smallest absolute Gasteiger partial charge is 0.260 e. The van der Waals surface area contributed by atoms with Gasteiger partial charge in [0.2, 0.25) is 11.6 Å². The highest BCUT2D eigenvalue weighted by atomic mass is 16.5. The summed E-state index contributed by atoms with van der Waals surface area (Å²) in [5.41, 5.74) is 3.60. The van der Waals surface area contributed by atoms with E-state index in [1.54, 1.807) is 0 Å². The van der Waals surface area contributed by atoms with Crippen molar-refractivity contribution in [2.45, 2.75) is 6.92 Å². The second-order valence-corrected chi connectivity index (χ2v) is 5.83. The topological polar surface area (TPSA) is 129 Å². The Bertz CT molecular complexity index is 1170. The van der Waals surface area contributed by atoms with E-state index in [0.29, 0.717) is 23.0 Å². The van der Waals surface area contributed by atoms with E-state index in [2.05, 4.69) is 36.1 Å². The first-order valence-corrected chi connectivity index (χ1v) is 8.36. The summed E-state index contributed by atoms with van der Waals surface area (Å²) in [6.45, 7) is 1.99. The van der Waals surface area contributed by atoms with Crippen LogP contribution in [0.4, 0.5) is 5.69 Å². The lowest BCUT2D eigenvalue weighted by molar-refractivity contribution is 0.432. The van der Waals surface area contributed by atoms with Crippen LogP contribution in [-0.4, -0.2) is 30.8 Å². The van der Waals surface area contributed by atoms with E-state index in [9.17, 15) is 5.26 Å². The number of nitrogens with zero attached hydrogens (tertiary/aromatic N) is 6. The van der Waals surface area contributed by atoms with E-state index in [4.69, 9.17) is 4.52 Å². The number of benzene rings is 2. The third-order valence-corrected chi connectivity index (χ3v) is 4.05. The first-order valence-electron chi connectivity index (χ1n) is 8.36. The molecule has 9 nitrogen and oxygen atoms in total. The number of anilines is 1. The summed E-state index contributed by atoms with van der Waals surface area (Å²) in [6.07, 6.45) is 1.50. The zero-order chi connectivity index (χ0) is 19.3. The predicted octanol–water partition coefficient (Wildman–Crippen LogP) is 3.20. The molecule has 0 saturated heterocycles. The number of nitriles is 1. The van der Waals surface area contributed by atoms with Crippen LogP contribution in [0.15, 0.2) is 59.3 Å². The fraction of sp³-hybridized carbons (Fsp3) is 0.0526. The summed E-state index contributed by atoms with van der Waals surface area (Å²) >= 11 is 0.